The van der Waals surface area contributed by atoms with Crippen molar-refractivity contribution in [1.29, 1.82) is 0 Å². The SMILES string of the molecule is Cn1cc(-c2cc(F)c(C(=O)N3CCN(C(=O)CN4CCC(c5ccc(NC6CCCNC6=O)cc5)CC4)CC3)cc2F)c2cn[nH]c2c1=O. The highest BCUT2D eigenvalue weighted by atomic mass is 19.1. The van der Waals surface area contributed by atoms with Gasteiger partial charge in [-0.05, 0) is 74.5 Å². The van der Waals surface area contributed by atoms with Gasteiger partial charge >= 0.3 is 0 Å². The summed E-state index contributed by atoms with van der Waals surface area (Å²) in [6, 6.07) is 9.99. The number of fused-ring (bicyclic) bond motifs is 1. The molecule has 0 aliphatic carbocycles. The third kappa shape index (κ3) is 6.71. The number of carbonyl (C=O) groups excluding carboxylic acids is 3. The number of hydrogen-bond donors (Lipinski definition) is 3. The topological polar surface area (TPSA) is 136 Å². The van der Waals surface area contributed by atoms with E-state index >= 15 is 8.78 Å². The predicted molar refractivity (Wildman–Crippen MR) is 184 cm³/mol. The molecule has 0 spiro atoms. The van der Waals surface area contributed by atoms with Crippen LogP contribution in [0.5, 0.6) is 0 Å². The Labute approximate surface area is 287 Å². The fraction of sp³-hybridized carbons (Fsp3) is 0.417. The average Bonchev–Trinajstić information content (AvgIpc) is 3.63. The Morgan fingerprint density at radius 1 is 0.920 bits per heavy atom. The number of anilines is 1. The first-order valence-corrected chi connectivity index (χ1v) is 17.1. The van der Waals surface area contributed by atoms with Gasteiger partial charge in [-0.1, -0.05) is 12.1 Å². The van der Waals surface area contributed by atoms with Crippen LogP contribution in [-0.4, -0.2) is 106 Å². The summed E-state index contributed by atoms with van der Waals surface area (Å²) < 4.78 is 32.0. The second kappa shape index (κ2) is 14.0. The summed E-state index contributed by atoms with van der Waals surface area (Å²) in [7, 11) is 1.51. The highest BCUT2D eigenvalue weighted by Crippen LogP contribution is 2.31. The second-order valence-electron chi connectivity index (χ2n) is 13.4. The lowest BCUT2D eigenvalue weighted by Crippen LogP contribution is -2.53. The molecule has 0 bridgehead atoms. The summed E-state index contributed by atoms with van der Waals surface area (Å²) in [5.41, 5.74) is 1.81. The smallest absolute Gasteiger partial charge is 0.276 e. The lowest BCUT2D eigenvalue weighted by Gasteiger charge is -2.37. The molecule has 5 heterocycles. The number of nitrogens with zero attached hydrogens (tertiary/aromatic N) is 5. The van der Waals surface area contributed by atoms with Crippen molar-refractivity contribution in [3.8, 4) is 11.1 Å². The number of carbonyl (C=O) groups is 3. The monoisotopic (exact) mass is 686 g/mol. The van der Waals surface area contributed by atoms with Gasteiger partial charge in [0.25, 0.3) is 11.5 Å². The van der Waals surface area contributed by atoms with E-state index in [9.17, 15) is 19.2 Å². The first-order valence-electron chi connectivity index (χ1n) is 17.1. The van der Waals surface area contributed by atoms with E-state index in [0.717, 1.165) is 63.1 Å². The minimum absolute atomic E-state index is 0.0119. The molecule has 50 heavy (non-hydrogen) atoms. The standard InChI is InChI=1S/C36H40F2N8O4/c1-43-20-28(27-19-40-42-33(27)36(43)50)25-17-30(38)26(18-29(25)37)35(49)46-15-13-45(14-16-46)32(47)21-44-11-8-23(9-12-44)22-4-6-24(7-5-22)41-31-3-2-10-39-34(31)48/h4-7,17-20,23,31,41H,2-3,8-16,21H2,1H3,(H,39,48)(H,40,42). The number of rotatable bonds is 7. The Morgan fingerprint density at radius 2 is 1.64 bits per heavy atom. The zero-order valence-electron chi connectivity index (χ0n) is 27.9. The van der Waals surface area contributed by atoms with Crippen molar-refractivity contribution in [3.63, 3.8) is 0 Å². The summed E-state index contributed by atoms with van der Waals surface area (Å²) in [6.07, 6.45) is 6.46. The van der Waals surface area contributed by atoms with E-state index in [1.54, 1.807) is 4.90 Å². The molecule has 3 aliphatic rings. The van der Waals surface area contributed by atoms with Crippen LogP contribution in [0.3, 0.4) is 0 Å². The number of likely N-dealkylation sites (tertiary alicyclic amines) is 1. The summed E-state index contributed by atoms with van der Waals surface area (Å²) >= 11 is 0. The molecule has 3 N–H and O–H groups in total. The van der Waals surface area contributed by atoms with Gasteiger partial charge in [0.1, 0.15) is 23.2 Å². The first kappa shape index (κ1) is 33.4. The van der Waals surface area contributed by atoms with E-state index in [4.69, 9.17) is 0 Å². The number of piperidine rings is 2. The van der Waals surface area contributed by atoms with Gasteiger partial charge in [0.15, 0.2) is 0 Å². The third-order valence-corrected chi connectivity index (χ3v) is 10.2. The van der Waals surface area contributed by atoms with Crippen molar-refractivity contribution in [3.05, 3.63) is 81.9 Å². The van der Waals surface area contributed by atoms with Crippen LogP contribution in [0.1, 0.15) is 47.5 Å². The zero-order chi connectivity index (χ0) is 34.9. The Kier molecular flexibility index (Phi) is 9.36. The molecule has 3 aliphatic heterocycles. The number of amides is 3. The molecule has 2 aromatic carbocycles. The van der Waals surface area contributed by atoms with Crippen molar-refractivity contribution < 1.29 is 23.2 Å². The van der Waals surface area contributed by atoms with E-state index < -0.39 is 17.5 Å². The molecule has 3 amide bonds. The summed E-state index contributed by atoms with van der Waals surface area (Å²) in [4.78, 5) is 56.2. The molecule has 4 aromatic rings. The second-order valence-corrected chi connectivity index (χ2v) is 13.4. The van der Waals surface area contributed by atoms with Crippen LogP contribution in [0.4, 0.5) is 14.5 Å². The number of aryl methyl sites for hydroxylation is 1. The van der Waals surface area contributed by atoms with Crippen molar-refractivity contribution in [2.24, 2.45) is 7.05 Å². The number of benzene rings is 2. The Bertz CT molecular complexity index is 1980. The van der Waals surface area contributed by atoms with Crippen LogP contribution in [0.25, 0.3) is 22.0 Å². The van der Waals surface area contributed by atoms with Gasteiger partial charge in [-0.2, -0.15) is 5.10 Å². The highest BCUT2D eigenvalue weighted by molar-refractivity contribution is 5.97. The maximum absolute atomic E-state index is 15.4. The molecule has 3 saturated heterocycles. The van der Waals surface area contributed by atoms with Crippen LogP contribution in [0.2, 0.25) is 0 Å². The summed E-state index contributed by atoms with van der Waals surface area (Å²) in [5.74, 6) is -1.88. The van der Waals surface area contributed by atoms with E-state index in [1.807, 2.05) is 12.1 Å². The molecule has 262 valence electrons. The van der Waals surface area contributed by atoms with Crippen molar-refractivity contribution in [2.45, 2.75) is 37.6 Å². The van der Waals surface area contributed by atoms with Gasteiger partial charge in [-0.15, -0.1) is 0 Å². The fourth-order valence-corrected chi connectivity index (χ4v) is 7.29. The number of H-pyrrole nitrogens is 1. The normalized spacial score (nSPS) is 19.1. The third-order valence-electron chi connectivity index (χ3n) is 10.2. The van der Waals surface area contributed by atoms with Crippen LogP contribution in [0.15, 0.2) is 53.6 Å². The molecule has 1 atom stereocenters. The van der Waals surface area contributed by atoms with E-state index in [0.29, 0.717) is 30.9 Å². The number of nitrogens with one attached hydrogen (secondary N) is 3. The minimum atomic E-state index is -0.875. The summed E-state index contributed by atoms with van der Waals surface area (Å²) in [5, 5.41) is 13.1. The summed E-state index contributed by atoms with van der Waals surface area (Å²) in [6.45, 7) is 3.66. The number of pyridine rings is 1. The molecule has 1 unspecified atom stereocenters. The lowest BCUT2D eigenvalue weighted by atomic mass is 9.89. The maximum Gasteiger partial charge on any atom is 0.276 e. The molecule has 2 aromatic heterocycles. The molecule has 3 fully saturated rings. The molecular weight excluding hydrogens is 646 g/mol. The lowest BCUT2D eigenvalue weighted by molar-refractivity contribution is -0.134. The van der Waals surface area contributed by atoms with Gasteiger partial charge in [0, 0.05) is 68.2 Å². The number of hydrogen-bond acceptors (Lipinski definition) is 7. The quantitative estimate of drug-likeness (QED) is 0.272. The fourth-order valence-electron chi connectivity index (χ4n) is 7.29. The maximum atomic E-state index is 15.4. The molecule has 7 rings (SSSR count). The van der Waals surface area contributed by atoms with Crippen LogP contribution in [-0.2, 0) is 16.6 Å². The predicted octanol–water partition coefficient (Wildman–Crippen LogP) is 3.06. The van der Waals surface area contributed by atoms with Crippen LogP contribution in [0, 0.1) is 11.6 Å². The van der Waals surface area contributed by atoms with Gasteiger partial charge in [-0.25, -0.2) is 8.78 Å². The zero-order valence-corrected chi connectivity index (χ0v) is 27.9. The van der Waals surface area contributed by atoms with Gasteiger partial charge < -0.3 is 25.0 Å². The molecule has 12 nitrogen and oxygen atoms in total. The van der Waals surface area contributed by atoms with Crippen molar-refractivity contribution >= 4 is 34.3 Å². The highest BCUT2D eigenvalue weighted by Gasteiger charge is 2.30. The van der Waals surface area contributed by atoms with Gasteiger partial charge in [0.2, 0.25) is 11.8 Å². The van der Waals surface area contributed by atoms with Crippen LogP contribution >= 0.6 is 0 Å². The van der Waals surface area contributed by atoms with E-state index in [1.165, 1.54) is 34.5 Å². The molecule has 0 radical (unpaired) electrons. The molecular formula is C36H40F2N8O4. The first-order chi connectivity index (χ1) is 24.2. The Balaban J connectivity index is 0.898. The number of aromatic nitrogens is 3. The Hall–Kier alpha value is -5.11. The van der Waals surface area contributed by atoms with E-state index in [-0.39, 0.29) is 58.7 Å². The molecule has 0 saturated carbocycles. The van der Waals surface area contributed by atoms with Gasteiger partial charge in [0.05, 0.1) is 18.3 Å². The van der Waals surface area contributed by atoms with Crippen molar-refractivity contribution in [2.75, 3.05) is 57.7 Å². The largest absolute Gasteiger partial charge is 0.374 e. The molecule has 14 heteroatoms. The number of halogens is 2. The minimum Gasteiger partial charge on any atom is -0.374 e. The Morgan fingerprint density at radius 3 is 2.36 bits per heavy atom. The number of aromatic amines is 1. The van der Waals surface area contributed by atoms with Crippen molar-refractivity contribution in [1.82, 2.24) is 34.8 Å². The van der Waals surface area contributed by atoms with E-state index in [2.05, 4.69) is 37.9 Å². The number of piperazine rings is 1. The van der Waals surface area contributed by atoms with Gasteiger partial charge in [-0.3, -0.25) is 29.2 Å². The van der Waals surface area contributed by atoms with Crippen LogP contribution < -0.4 is 16.2 Å². The average molecular weight is 687 g/mol.